The summed E-state index contributed by atoms with van der Waals surface area (Å²) in [6.07, 6.45) is -5.30. The Labute approximate surface area is 99.9 Å². The molecule has 102 valence electrons. The Balaban J connectivity index is 4.24. The molecule has 0 aromatic heterocycles. The first-order chi connectivity index (χ1) is 7.58. The smallest absolute Gasteiger partial charge is 0.350 e. The van der Waals surface area contributed by atoms with E-state index in [1.807, 2.05) is 13.8 Å². The average Bonchev–Trinajstić information content (AvgIpc) is 2.12. The maximum Gasteiger partial charge on any atom is 0.389 e. The third-order valence-corrected chi connectivity index (χ3v) is 2.39. The first kappa shape index (κ1) is 16.2. The van der Waals surface area contributed by atoms with Crippen molar-refractivity contribution in [3.8, 4) is 0 Å². The number of carbonyl (C=O) groups is 1. The van der Waals surface area contributed by atoms with E-state index >= 15 is 0 Å². The molecular weight excluding hydrogens is 233 g/mol. The molecule has 3 nitrogen and oxygen atoms in total. The molecular formula is C11H21F3N2O. The van der Waals surface area contributed by atoms with Gasteiger partial charge in [-0.1, -0.05) is 13.8 Å². The second kappa shape index (κ2) is 6.23. The van der Waals surface area contributed by atoms with Crippen LogP contribution in [0.3, 0.4) is 0 Å². The molecule has 1 amide bonds. The molecule has 0 saturated carbocycles. The molecule has 3 N–H and O–H groups in total. The van der Waals surface area contributed by atoms with Crippen LogP contribution in [-0.4, -0.2) is 24.2 Å². The molecule has 0 rings (SSSR count). The molecule has 0 bridgehead atoms. The maximum atomic E-state index is 11.9. The molecule has 0 aromatic rings. The van der Waals surface area contributed by atoms with Gasteiger partial charge in [-0.3, -0.25) is 4.79 Å². The van der Waals surface area contributed by atoms with E-state index in [4.69, 9.17) is 5.73 Å². The van der Waals surface area contributed by atoms with E-state index in [2.05, 4.69) is 5.32 Å². The lowest BCUT2D eigenvalue weighted by molar-refractivity contribution is -0.144. The molecule has 0 spiro atoms. The van der Waals surface area contributed by atoms with Crippen molar-refractivity contribution in [1.29, 1.82) is 0 Å². The van der Waals surface area contributed by atoms with Gasteiger partial charge >= 0.3 is 6.18 Å². The zero-order valence-electron chi connectivity index (χ0n) is 10.5. The first-order valence-corrected chi connectivity index (χ1v) is 5.66. The molecule has 1 atom stereocenters. The van der Waals surface area contributed by atoms with Gasteiger partial charge in [0.05, 0.1) is 6.42 Å². The summed E-state index contributed by atoms with van der Waals surface area (Å²) in [5, 5.41) is 2.58. The van der Waals surface area contributed by atoms with Gasteiger partial charge in [0.25, 0.3) is 0 Å². The van der Waals surface area contributed by atoms with Gasteiger partial charge in [0.15, 0.2) is 0 Å². The predicted molar refractivity (Wildman–Crippen MR) is 60.3 cm³/mol. The van der Waals surface area contributed by atoms with Crippen LogP contribution < -0.4 is 11.1 Å². The van der Waals surface area contributed by atoms with Crippen molar-refractivity contribution in [3.05, 3.63) is 0 Å². The minimum atomic E-state index is -4.30. The largest absolute Gasteiger partial charge is 0.389 e. The number of rotatable bonds is 6. The van der Waals surface area contributed by atoms with E-state index in [0.29, 0.717) is 12.3 Å². The molecule has 0 aliphatic heterocycles. The Bertz CT molecular complexity index is 254. The summed E-state index contributed by atoms with van der Waals surface area (Å²) in [6.45, 7) is 5.90. The summed E-state index contributed by atoms with van der Waals surface area (Å²) in [6, 6.07) is 0. The number of carbonyl (C=O) groups excluding carboxylic acids is 1. The third-order valence-electron chi connectivity index (χ3n) is 2.39. The molecule has 0 fully saturated rings. The number of amides is 1. The molecule has 0 aromatic carbocycles. The molecule has 0 saturated heterocycles. The number of hydrogen-bond donors (Lipinski definition) is 2. The highest BCUT2D eigenvalue weighted by Gasteiger charge is 2.30. The van der Waals surface area contributed by atoms with Crippen LogP contribution in [-0.2, 0) is 4.79 Å². The highest BCUT2D eigenvalue weighted by molar-refractivity contribution is 5.76. The van der Waals surface area contributed by atoms with Crippen LogP contribution in [0.4, 0.5) is 13.2 Å². The van der Waals surface area contributed by atoms with Crippen molar-refractivity contribution in [3.63, 3.8) is 0 Å². The van der Waals surface area contributed by atoms with E-state index in [-0.39, 0.29) is 6.54 Å². The molecule has 0 heterocycles. The quantitative estimate of drug-likeness (QED) is 0.763. The van der Waals surface area contributed by atoms with E-state index in [1.165, 1.54) is 0 Å². The fraction of sp³-hybridized carbons (Fsp3) is 0.909. The summed E-state index contributed by atoms with van der Waals surface area (Å²) in [5.41, 5.74) is 4.92. The lowest BCUT2D eigenvalue weighted by Gasteiger charge is -2.31. The van der Waals surface area contributed by atoms with Gasteiger partial charge in [-0.05, 0) is 19.3 Å². The van der Waals surface area contributed by atoms with Crippen molar-refractivity contribution in [2.45, 2.75) is 51.7 Å². The van der Waals surface area contributed by atoms with Gasteiger partial charge in [0, 0.05) is 18.5 Å². The summed E-state index contributed by atoms with van der Waals surface area (Å²) in [4.78, 5) is 11.4. The minimum absolute atomic E-state index is 0.211. The van der Waals surface area contributed by atoms with Crippen molar-refractivity contribution < 1.29 is 18.0 Å². The van der Waals surface area contributed by atoms with Gasteiger partial charge in [0.2, 0.25) is 5.91 Å². The van der Waals surface area contributed by atoms with Crippen molar-refractivity contribution in [2.75, 3.05) is 6.54 Å². The van der Waals surface area contributed by atoms with E-state index in [9.17, 15) is 18.0 Å². The molecule has 17 heavy (non-hydrogen) atoms. The van der Waals surface area contributed by atoms with Gasteiger partial charge in [0.1, 0.15) is 0 Å². The van der Waals surface area contributed by atoms with Gasteiger partial charge < -0.3 is 11.1 Å². The van der Waals surface area contributed by atoms with Crippen molar-refractivity contribution in [1.82, 2.24) is 5.32 Å². The van der Waals surface area contributed by atoms with Crippen LogP contribution in [0.1, 0.15) is 40.0 Å². The van der Waals surface area contributed by atoms with E-state index < -0.39 is 30.5 Å². The standard InChI is InChI=1S/C11H21F3N2O/c1-8(2)6-10(3,7-15)16-9(17)4-5-11(12,13)14/h8H,4-7,15H2,1-3H3,(H,16,17). The number of alkyl halides is 3. The summed E-state index contributed by atoms with van der Waals surface area (Å²) in [5.74, 6) is -0.289. The SMILES string of the molecule is CC(C)CC(C)(CN)NC(=O)CCC(F)(F)F. The monoisotopic (exact) mass is 254 g/mol. The van der Waals surface area contributed by atoms with Crippen molar-refractivity contribution in [2.24, 2.45) is 11.7 Å². The number of halogens is 3. The molecule has 0 radical (unpaired) electrons. The topological polar surface area (TPSA) is 55.1 Å². The van der Waals surface area contributed by atoms with Gasteiger partial charge in [-0.15, -0.1) is 0 Å². The van der Waals surface area contributed by atoms with E-state index in [0.717, 1.165) is 0 Å². The molecule has 1 unspecified atom stereocenters. The van der Waals surface area contributed by atoms with Crippen LogP contribution in [0.5, 0.6) is 0 Å². The lowest BCUT2D eigenvalue weighted by atomic mass is 9.90. The predicted octanol–water partition coefficient (Wildman–Crippen LogP) is 2.21. The lowest BCUT2D eigenvalue weighted by Crippen LogP contribution is -2.52. The normalized spacial score (nSPS) is 15.8. The fourth-order valence-electron chi connectivity index (χ4n) is 1.74. The Morgan fingerprint density at radius 3 is 2.24 bits per heavy atom. The first-order valence-electron chi connectivity index (χ1n) is 5.66. The Morgan fingerprint density at radius 1 is 1.35 bits per heavy atom. The summed E-state index contributed by atoms with van der Waals surface area (Å²) >= 11 is 0. The van der Waals surface area contributed by atoms with Crippen molar-refractivity contribution >= 4 is 5.91 Å². The second-order valence-corrected chi connectivity index (χ2v) is 5.03. The number of hydrogen-bond acceptors (Lipinski definition) is 2. The van der Waals surface area contributed by atoms with Gasteiger partial charge in [-0.2, -0.15) is 13.2 Å². The Hall–Kier alpha value is -0.780. The number of nitrogens with two attached hydrogens (primary N) is 1. The zero-order valence-corrected chi connectivity index (χ0v) is 10.5. The van der Waals surface area contributed by atoms with Crippen LogP contribution >= 0.6 is 0 Å². The van der Waals surface area contributed by atoms with Crippen LogP contribution in [0.25, 0.3) is 0 Å². The third kappa shape index (κ3) is 8.01. The average molecular weight is 254 g/mol. The van der Waals surface area contributed by atoms with Gasteiger partial charge in [-0.25, -0.2) is 0 Å². The number of nitrogens with one attached hydrogen (secondary N) is 1. The Morgan fingerprint density at radius 2 is 1.88 bits per heavy atom. The highest BCUT2D eigenvalue weighted by atomic mass is 19.4. The van der Waals surface area contributed by atoms with Crippen LogP contribution in [0.2, 0.25) is 0 Å². The summed E-state index contributed by atoms with van der Waals surface area (Å²) in [7, 11) is 0. The second-order valence-electron chi connectivity index (χ2n) is 5.03. The Kier molecular flexibility index (Phi) is 5.95. The maximum absolute atomic E-state index is 11.9. The van der Waals surface area contributed by atoms with Crippen LogP contribution in [0.15, 0.2) is 0 Å². The molecule has 0 aliphatic carbocycles. The fourth-order valence-corrected chi connectivity index (χ4v) is 1.74. The summed E-state index contributed by atoms with van der Waals surface area (Å²) < 4.78 is 35.8. The van der Waals surface area contributed by atoms with E-state index in [1.54, 1.807) is 6.92 Å². The minimum Gasteiger partial charge on any atom is -0.350 e. The van der Waals surface area contributed by atoms with Crippen LogP contribution in [0, 0.1) is 5.92 Å². The highest BCUT2D eigenvalue weighted by Crippen LogP contribution is 2.22. The molecule has 6 heteroatoms. The molecule has 0 aliphatic rings. The zero-order chi connectivity index (χ0) is 13.7.